The number of nitrogens with zero attached hydrogens (tertiary/aromatic N) is 3. The van der Waals surface area contributed by atoms with Gasteiger partial charge in [0.2, 0.25) is 0 Å². The number of hydrogen-bond donors (Lipinski definition) is 0. The van der Waals surface area contributed by atoms with E-state index in [0.29, 0.717) is 0 Å². The van der Waals surface area contributed by atoms with Crippen LogP contribution in [0.25, 0.3) is 93.6 Å². The van der Waals surface area contributed by atoms with Gasteiger partial charge in [0.1, 0.15) is 16.7 Å². The summed E-state index contributed by atoms with van der Waals surface area (Å²) in [6.45, 7) is 0. The summed E-state index contributed by atoms with van der Waals surface area (Å²) in [5, 5.41) is 8.20. The largest absolute Gasteiger partial charge is 0.456 e. The van der Waals surface area contributed by atoms with Crippen molar-refractivity contribution in [2.75, 3.05) is 0 Å². The summed E-state index contributed by atoms with van der Waals surface area (Å²) >= 11 is 0. The van der Waals surface area contributed by atoms with E-state index in [1.54, 1.807) is 0 Å². The molecule has 7 aromatic carbocycles. The summed E-state index contributed by atoms with van der Waals surface area (Å²) in [6, 6.07) is 46.8. The van der Waals surface area contributed by atoms with Crippen LogP contribution in [0.1, 0.15) is 0 Å². The van der Waals surface area contributed by atoms with Gasteiger partial charge in [0.25, 0.3) is 0 Å². The van der Waals surface area contributed by atoms with Gasteiger partial charge in [-0.15, -0.1) is 0 Å². The summed E-state index contributed by atoms with van der Waals surface area (Å²) in [5.74, 6) is 0.723. The van der Waals surface area contributed by atoms with Crippen LogP contribution in [-0.2, 0) is 0 Å². The van der Waals surface area contributed by atoms with Crippen molar-refractivity contribution in [3.8, 4) is 28.2 Å². The first-order valence-electron chi connectivity index (χ1n) is 14.8. The SMILES string of the molecule is c1ccc(-c2ccc3c(c2)c2c(-n4c5ccccc5c5nc(-c6ccccc6)ncc54)ccc4oc5cccc3c5c42)cc1. The zero-order valence-corrected chi connectivity index (χ0v) is 23.5. The number of rotatable bonds is 3. The van der Waals surface area contributed by atoms with Gasteiger partial charge >= 0.3 is 0 Å². The van der Waals surface area contributed by atoms with Crippen molar-refractivity contribution in [1.82, 2.24) is 14.5 Å². The zero-order chi connectivity index (χ0) is 28.8. The molecule has 0 atom stereocenters. The maximum absolute atomic E-state index is 6.48. The lowest BCUT2D eigenvalue weighted by Crippen LogP contribution is -1.98. The first-order chi connectivity index (χ1) is 21.8. The first-order valence-corrected chi connectivity index (χ1v) is 14.8. The van der Waals surface area contributed by atoms with Gasteiger partial charge in [-0.05, 0) is 57.6 Å². The second kappa shape index (κ2) is 8.76. The zero-order valence-electron chi connectivity index (χ0n) is 23.5. The van der Waals surface area contributed by atoms with Gasteiger partial charge in [-0.25, -0.2) is 9.97 Å². The molecule has 0 saturated carbocycles. The van der Waals surface area contributed by atoms with Gasteiger partial charge in [-0.3, -0.25) is 0 Å². The predicted molar refractivity (Wildman–Crippen MR) is 181 cm³/mol. The van der Waals surface area contributed by atoms with Gasteiger partial charge in [0, 0.05) is 27.1 Å². The number of furan rings is 1. The molecule has 44 heavy (non-hydrogen) atoms. The standard InChI is InChI=1S/C40H23N3O/c1-3-10-24(11-4-1)26-18-19-27-28-15-9-17-34-37(28)38-35(44-34)21-20-32(36(38)30(27)22-26)43-31-16-8-7-14-29(31)39-33(43)23-41-40(42-39)25-12-5-2-6-13-25/h1-23H. The minimum absolute atomic E-state index is 0.723. The van der Waals surface area contributed by atoms with Crippen LogP contribution in [-0.4, -0.2) is 14.5 Å². The molecule has 3 heterocycles. The highest BCUT2D eigenvalue weighted by atomic mass is 16.3. The average molecular weight is 562 g/mol. The molecule has 4 nitrogen and oxygen atoms in total. The van der Waals surface area contributed by atoms with E-state index in [1.807, 2.05) is 24.4 Å². The summed E-state index contributed by atoms with van der Waals surface area (Å²) in [6.07, 6.45) is 1.98. The molecule has 10 aromatic rings. The van der Waals surface area contributed by atoms with Crippen molar-refractivity contribution in [2.45, 2.75) is 0 Å². The molecule has 204 valence electrons. The molecule has 3 aromatic heterocycles. The molecule has 0 saturated heterocycles. The van der Waals surface area contributed by atoms with E-state index in [-0.39, 0.29) is 0 Å². The molecule has 0 amide bonds. The summed E-state index contributed by atoms with van der Waals surface area (Å²) < 4.78 is 8.81. The monoisotopic (exact) mass is 561 g/mol. The van der Waals surface area contributed by atoms with Gasteiger partial charge in [-0.1, -0.05) is 103 Å². The van der Waals surface area contributed by atoms with Crippen LogP contribution in [0, 0.1) is 0 Å². The van der Waals surface area contributed by atoms with Crippen molar-refractivity contribution in [3.63, 3.8) is 0 Å². The van der Waals surface area contributed by atoms with Crippen LogP contribution in [0.5, 0.6) is 0 Å². The summed E-state index contributed by atoms with van der Waals surface area (Å²) in [4.78, 5) is 10.0. The van der Waals surface area contributed by atoms with Crippen LogP contribution in [0.15, 0.2) is 144 Å². The van der Waals surface area contributed by atoms with Gasteiger partial charge in [-0.2, -0.15) is 0 Å². The Balaban J connectivity index is 1.37. The fraction of sp³-hybridized carbons (Fsp3) is 0. The van der Waals surface area contributed by atoms with Crippen LogP contribution >= 0.6 is 0 Å². The number of fused-ring (bicyclic) bond motifs is 6. The van der Waals surface area contributed by atoms with Gasteiger partial charge < -0.3 is 8.98 Å². The Morgan fingerprint density at radius 1 is 0.477 bits per heavy atom. The summed E-state index contributed by atoms with van der Waals surface area (Å²) in [7, 11) is 0. The normalized spacial score (nSPS) is 12.1. The van der Waals surface area contributed by atoms with Gasteiger partial charge in [0.15, 0.2) is 5.82 Å². The van der Waals surface area contributed by atoms with E-state index in [4.69, 9.17) is 14.4 Å². The molecule has 0 aliphatic rings. The lowest BCUT2D eigenvalue weighted by Gasteiger charge is -2.16. The van der Waals surface area contributed by atoms with E-state index in [9.17, 15) is 0 Å². The van der Waals surface area contributed by atoms with Crippen LogP contribution in [0.3, 0.4) is 0 Å². The quantitative estimate of drug-likeness (QED) is 0.202. The predicted octanol–water partition coefficient (Wildman–Crippen LogP) is 10.6. The molecule has 0 spiro atoms. The maximum Gasteiger partial charge on any atom is 0.159 e. The van der Waals surface area contributed by atoms with Crippen LogP contribution in [0.2, 0.25) is 0 Å². The number of aromatic nitrogens is 3. The molecule has 4 heteroatoms. The molecule has 0 aliphatic carbocycles. The lowest BCUT2D eigenvalue weighted by atomic mass is 9.91. The fourth-order valence-corrected chi connectivity index (χ4v) is 7.10. The van der Waals surface area contributed by atoms with Crippen LogP contribution in [0.4, 0.5) is 0 Å². The Labute approximate surface area is 251 Å². The van der Waals surface area contributed by atoms with Gasteiger partial charge in [0.05, 0.1) is 22.9 Å². The molecular weight excluding hydrogens is 538 g/mol. The Hall–Kier alpha value is -6.00. The number of hydrogen-bond acceptors (Lipinski definition) is 3. The van der Waals surface area contributed by atoms with Crippen molar-refractivity contribution in [1.29, 1.82) is 0 Å². The van der Waals surface area contributed by atoms with E-state index in [0.717, 1.165) is 55.6 Å². The minimum Gasteiger partial charge on any atom is -0.456 e. The molecule has 0 radical (unpaired) electrons. The molecule has 0 bridgehead atoms. The highest BCUT2D eigenvalue weighted by Crippen LogP contribution is 2.46. The third-order valence-corrected chi connectivity index (χ3v) is 9.01. The van der Waals surface area contributed by atoms with Crippen molar-refractivity contribution >= 4 is 65.4 Å². The second-order valence-corrected chi connectivity index (χ2v) is 11.4. The number of para-hydroxylation sites is 1. The van der Waals surface area contributed by atoms with E-state index in [1.165, 1.54) is 38.1 Å². The molecule has 0 N–H and O–H groups in total. The topological polar surface area (TPSA) is 43.9 Å². The molecular formula is C40H23N3O. The third kappa shape index (κ3) is 3.17. The number of benzene rings is 7. The molecule has 0 unspecified atom stereocenters. The Morgan fingerprint density at radius 2 is 1.23 bits per heavy atom. The Morgan fingerprint density at radius 3 is 2.09 bits per heavy atom. The molecule has 0 aliphatic heterocycles. The van der Waals surface area contributed by atoms with E-state index >= 15 is 0 Å². The fourth-order valence-electron chi connectivity index (χ4n) is 7.10. The molecule has 10 rings (SSSR count). The van der Waals surface area contributed by atoms with Crippen LogP contribution < -0.4 is 0 Å². The van der Waals surface area contributed by atoms with E-state index in [2.05, 4.69) is 120 Å². The molecule has 0 fully saturated rings. The summed E-state index contributed by atoms with van der Waals surface area (Å²) in [5.41, 5.74) is 9.28. The Bertz CT molecular complexity index is 2700. The van der Waals surface area contributed by atoms with Crippen molar-refractivity contribution in [2.24, 2.45) is 0 Å². The first kappa shape index (κ1) is 23.6. The van der Waals surface area contributed by atoms with E-state index < -0.39 is 0 Å². The maximum atomic E-state index is 6.48. The second-order valence-electron chi connectivity index (χ2n) is 11.4. The smallest absolute Gasteiger partial charge is 0.159 e. The third-order valence-electron chi connectivity index (χ3n) is 9.01. The highest BCUT2D eigenvalue weighted by Gasteiger charge is 2.23. The average Bonchev–Trinajstić information content (AvgIpc) is 3.64. The lowest BCUT2D eigenvalue weighted by molar-refractivity contribution is 0.669. The minimum atomic E-state index is 0.723. The Kier molecular flexibility index (Phi) is 4.69. The van der Waals surface area contributed by atoms with Crippen molar-refractivity contribution < 1.29 is 4.42 Å². The van der Waals surface area contributed by atoms with Crippen molar-refractivity contribution in [3.05, 3.63) is 140 Å². The highest BCUT2D eigenvalue weighted by molar-refractivity contribution is 6.35.